The van der Waals surface area contributed by atoms with Crippen LogP contribution in [0.4, 0.5) is 0 Å². The van der Waals surface area contributed by atoms with E-state index in [1.165, 1.54) is 6.92 Å². The van der Waals surface area contributed by atoms with E-state index < -0.39 is 0 Å². The summed E-state index contributed by atoms with van der Waals surface area (Å²) in [6.07, 6.45) is 8.64. The van der Waals surface area contributed by atoms with Crippen molar-refractivity contribution in [2.24, 2.45) is 17.8 Å². The number of hydrogen-bond donors (Lipinski definition) is 1. The molecule has 3 nitrogen and oxygen atoms in total. The number of hydrogen-bond acceptors (Lipinski definition) is 3. The lowest BCUT2D eigenvalue weighted by Crippen LogP contribution is -2.16. The second-order valence-electron chi connectivity index (χ2n) is 7.08. The van der Waals surface area contributed by atoms with Crippen molar-refractivity contribution in [1.82, 2.24) is 0 Å². The first-order chi connectivity index (χ1) is 10.7. The van der Waals surface area contributed by atoms with Gasteiger partial charge in [-0.1, -0.05) is 45.9 Å². The van der Waals surface area contributed by atoms with Crippen LogP contribution in [-0.2, 0) is 9.59 Å². The molecule has 0 bridgehead atoms. The molecule has 130 valence electrons. The molecule has 0 saturated heterocycles. The molecule has 0 spiro atoms. The number of nitrogens with one attached hydrogen (secondary N) is 1. The molecule has 0 aliphatic heterocycles. The number of carbonyl (C=O) groups is 2. The first-order valence-corrected chi connectivity index (χ1v) is 8.60. The van der Waals surface area contributed by atoms with Crippen molar-refractivity contribution in [3.05, 3.63) is 23.8 Å². The van der Waals surface area contributed by atoms with Crippen LogP contribution in [-0.4, -0.2) is 17.3 Å². The van der Waals surface area contributed by atoms with E-state index in [0.29, 0.717) is 36.7 Å². The molecular formula is C20H33NO2. The summed E-state index contributed by atoms with van der Waals surface area (Å²) < 4.78 is 0. The van der Waals surface area contributed by atoms with Crippen molar-refractivity contribution >= 4 is 17.3 Å². The quantitative estimate of drug-likeness (QED) is 0.325. The topological polar surface area (TPSA) is 58.0 Å². The Balaban J connectivity index is 5.00. The number of ketones is 2. The zero-order valence-electron chi connectivity index (χ0n) is 15.6. The van der Waals surface area contributed by atoms with Crippen LogP contribution in [0.15, 0.2) is 23.8 Å². The minimum Gasteiger partial charge on any atom is -0.302 e. The summed E-state index contributed by atoms with van der Waals surface area (Å²) in [4.78, 5) is 24.2. The summed E-state index contributed by atoms with van der Waals surface area (Å²) in [5, 5.41) is 7.62. The van der Waals surface area contributed by atoms with Gasteiger partial charge in [0.25, 0.3) is 0 Å². The molecule has 0 heterocycles. The standard InChI is InChI=1S/C20H33NO2/c1-7-8-9-15(4)11-18(20(23)17(6)21)12-16(5)13-19(22)10-14(2)3/h7-8,12,14-16,21H,9-11,13H2,1-6H3. The lowest BCUT2D eigenvalue weighted by molar-refractivity contribution is -0.120. The van der Waals surface area contributed by atoms with E-state index >= 15 is 0 Å². The highest BCUT2D eigenvalue weighted by atomic mass is 16.1. The van der Waals surface area contributed by atoms with Gasteiger partial charge >= 0.3 is 0 Å². The smallest absolute Gasteiger partial charge is 0.201 e. The molecule has 0 aromatic heterocycles. The normalized spacial score (nSPS) is 15.0. The second-order valence-corrected chi connectivity index (χ2v) is 7.08. The van der Waals surface area contributed by atoms with Crippen LogP contribution in [0.2, 0.25) is 0 Å². The average Bonchev–Trinajstić information content (AvgIpc) is 2.42. The largest absolute Gasteiger partial charge is 0.302 e. The van der Waals surface area contributed by atoms with Crippen molar-refractivity contribution in [2.45, 2.75) is 67.2 Å². The van der Waals surface area contributed by atoms with E-state index in [-0.39, 0.29) is 23.2 Å². The number of allylic oxidation sites excluding steroid dienone is 4. The summed E-state index contributed by atoms with van der Waals surface area (Å²) in [5.41, 5.74) is 0.745. The van der Waals surface area contributed by atoms with Gasteiger partial charge in [-0.05, 0) is 50.0 Å². The van der Waals surface area contributed by atoms with Crippen LogP contribution in [0.5, 0.6) is 0 Å². The summed E-state index contributed by atoms with van der Waals surface area (Å²) >= 11 is 0. The Morgan fingerprint density at radius 3 is 2.13 bits per heavy atom. The van der Waals surface area contributed by atoms with Gasteiger partial charge in [0, 0.05) is 12.8 Å². The number of Topliss-reactive ketones (excluding diaryl/α,β-unsaturated/α-hetero) is 2. The van der Waals surface area contributed by atoms with E-state index in [2.05, 4.69) is 13.0 Å². The monoisotopic (exact) mass is 319 g/mol. The molecule has 0 amide bonds. The molecule has 1 N–H and O–H groups in total. The van der Waals surface area contributed by atoms with Crippen molar-refractivity contribution in [3.63, 3.8) is 0 Å². The Kier molecular flexibility index (Phi) is 10.4. The number of rotatable bonds is 11. The fourth-order valence-electron chi connectivity index (χ4n) is 2.60. The highest BCUT2D eigenvalue weighted by molar-refractivity contribution is 6.43. The predicted molar refractivity (Wildman–Crippen MR) is 97.9 cm³/mol. The molecule has 0 rings (SSSR count). The maximum absolute atomic E-state index is 12.3. The molecular weight excluding hydrogens is 286 g/mol. The van der Waals surface area contributed by atoms with Gasteiger partial charge in [-0.15, -0.1) is 0 Å². The van der Waals surface area contributed by atoms with E-state index in [0.717, 1.165) is 6.42 Å². The Morgan fingerprint density at radius 1 is 1.04 bits per heavy atom. The van der Waals surface area contributed by atoms with Gasteiger partial charge in [0.2, 0.25) is 5.78 Å². The highest BCUT2D eigenvalue weighted by Crippen LogP contribution is 2.20. The van der Waals surface area contributed by atoms with E-state index in [1.54, 1.807) is 0 Å². The molecule has 2 atom stereocenters. The fourth-order valence-corrected chi connectivity index (χ4v) is 2.60. The van der Waals surface area contributed by atoms with Gasteiger partial charge in [0.05, 0.1) is 5.71 Å². The summed E-state index contributed by atoms with van der Waals surface area (Å²) in [5.74, 6) is 0.793. The molecule has 0 aliphatic rings. The Labute approximate surface area is 141 Å². The molecule has 0 fully saturated rings. The van der Waals surface area contributed by atoms with Crippen LogP contribution in [0, 0.1) is 23.2 Å². The third-order valence-electron chi connectivity index (χ3n) is 3.65. The lowest BCUT2D eigenvalue weighted by Gasteiger charge is -2.14. The molecule has 0 aliphatic carbocycles. The third-order valence-corrected chi connectivity index (χ3v) is 3.65. The molecule has 0 radical (unpaired) electrons. The van der Waals surface area contributed by atoms with E-state index in [9.17, 15) is 9.59 Å². The molecule has 0 aromatic carbocycles. The average molecular weight is 319 g/mol. The van der Waals surface area contributed by atoms with Crippen LogP contribution in [0.25, 0.3) is 0 Å². The van der Waals surface area contributed by atoms with Crippen molar-refractivity contribution < 1.29 is 9.59 Å². The predicted octanol–water partition coefficient (Wildman–Crippen LogP) is 5.16. The van der Waals surface area contributed by atoms with Gasteiger partial charge in [0.15, 0.2) is 0 Å². The van der Waals surface area contributed by atoms with Gasteiger partial charge in [-0.25, -0.2) is 0 Å². The first kappa shape index (κ1) is 21.5. The van der Waals surface area contributed by atoms with Gasteiger partial charge in [-0.3, -0.25) is 9.59 Å². The zero-order chi connectivity index (χ0) is 18.0. The molecule has 23 heavy (non-hydrogen) atoms. The SMILES string of the molecule is CC=CCC(C)CC(=CC(C)CC(=O)CC(C)C)C(=O)C(C)=N. The molecule has 3 heteroatoms. The van der Waals surface area contributed by atoms with Crippen molar-refractivity contribution in [2.75, 3.05) is 0 Å². The van der Waals surface area contributed by atoms with Gasteiger partial charge in [0.1, 0.15) is 5.78 Å². The third kappa shape index (κ3) is 9.98. The van der Waals surface area contributed by atoms with Crippen LogP contribution < -0.4 is 0 Å². The summed E-state index contributed by atoms with van der Waals surface area (Å²) in [6.45, 7) is 11.7. The highest BCUT2D eigenvalue weighted by Gasteiger charge is 2.17. The fraction of sp³-hybridized carbons (Fsp3) is 0.650. The van der Waals surface area contributed by atoms with Gasteiger partial charge in [-0.2, -0.15) is 0 Å². The molecule has 2 unspecified atom stereocenters. The van der Waals surface area contributed by atoms with Crippen LogP contribution in [0.3, 0.4) is 0 Å². The Bertz CT molecular complexity index is 472. The van der Waals surface area contributed by atoms with Crippen LogP contribution >= 0.6 is 0 Å². The molecule has 0 aromatic rings. The maximum atomic E-state index is 12.3. The molecule has 0 saturated carbocycles. The second kappa shape index (κ2) is 11.1. The Morgan fingerprint density at radius 2 is 1.65 bits per heavy atom. The van der Waals surface area contributed by atoms with Crippen molar-refractivity contribution in [3.8, 4) is 0 Å². The minimum absolute atomic E-state index is 0.0356. The number of carbonyl (C=O) groups excluding carboxylic acids is 2. The first-order valence-electron chi connectivity index (χ1n) is 8.60. The van der Waals surface area contributed by atoms with E-state index in [4.69, 9.17) is 5.41 Å². The van der Waals surface area contributed by atoms with Crippen LogP contribution in [0.1, 0.15) is 67.2 Å². The maximum Gasteiger partial charge on any atom is 0.201 e. The zero-order valence-corrected chi connectivity index (χ0v) is 15.6. The van der Waals surface area contributed by atoms with Crippen molar-refractivity contribution in [1.29, 1.82) is 5.41 Å². The summed E-state index contributed by atoms with van der Waals surface area (Å²) in [7, 11) is 0. The Hall–Kier alpha value is -1.51. The van der Waals surface area contributed by atoms with Gasteiger partial charge < -0.3 is 5.41 Å². The van der Waals surface area contributed by atoms with E-state index in [1.807, 2.05) is 39.8 Å². The lowest BCUT2D eigenvalue weighted by atomic mass is 9.89. The summed E-state index contributed by atoms with van der Waals surface area (Å²) in [6, 6.07) is 0. The minimum atomic E-state index is -0.194.